The van der Waals surface area contributed by atoms with E-state index in [-0.39, 0.29) is 5.91 Å². The number of hydrogen-bond acceptors (Lipinski definition) is 3. The van der Waals surface area contributed by atoms with Gasteiger partial charge in [0.2, 0.25) is 5.91 Å². The first-order chi connectivity index (χ1) is 9.28. The number of anilines is 1. The van der Waals surface area contributed by atoms with Crippen LogP contribution in [0.5, 0.6) is 0 Å². The number of rotatable bonds is 4. The SMILES string of the molecule is N#Cc1ccc(CCC(=O)Nc2ccncc2)cc1. The molecule has 0 spiro atoms. The monoisotopic (exact) mass is 251 g/mol. The van der Waals surface area contributed by atoms with Crippen LogP contribution < -0.4 is 5.32 Å². The van der Waals surface area contributed by atoms with Crippen LogP contribution in [0.1, 0.15) is 17.5 Å². The number of nitrogens with zero attached hydrogens (tertiary/aromatic N) is 2. The van der Waals surface area contributed by atoms with Crippen LogP contribution in [0, 0.1) is 11.3 Å². The first-order valence-electron chi connectivity index (χ1n) is 5.97. The molecule has 4 nitrogen and oxygen atoms in total. The van der Waals surface area contributed by atoms with Crippen LogP contribution >= 0.6 is 0 Å². The Bertz CT molecular complexity index is 585. The molecule has 0 aliphatic rings. The molecule has 1 amide bonds. The number of pyridine rings is 1. The summed E-state index contributed by atoms with van der Waals surface area (Å²) >= 11 is 0. The van der Waals surface area contributed by atoms with Gasteiger partial charge in [0.15, 0.2) is 0 Å². The van der Waals surface area contributed by atoms with Gasteiger partial charge in [-0.3, -0.25) is 9.78 Å². The first kappa shape index (κ1) is 12.8. The van der Waals surface area contributed by atoms with Gasteiger partial charge in [-0.05, 0) is 36.2 Å². The minimum atomic E-state index is -0.0319. The first-order valence-corrected chi connectivity index (χ1v) is 5.97. The van der Waals surface area contributed by atoms with E-state index >= 15 is 0 Å². The van der Waals surface area contributed by atoms with Crippen molar-refractivity contribution in [3.63, 3.8) is 0 Å². The summed E-state index contributed by atoms with van der Waals surface area (Å²) in [6.45, 7) is 0. The minimum Gasteiger partial charge on any atom is -0.326 e. The van der Waals surface area contributed by atoms with Gasteiger partial charge in [0.1, 0.15) is 0 Å². The topological polar surface area (TPSA) is 65.8 Å². The van der Waals surface area contributed by atoms with E-state index in [2.05, 4.69) is 16.4 Å². The average molecular weight is 251 g/mol. The molecule has 1 aromatic heterocycles. The van der Waals surface area contributed by atoms with Gasteiger partial charge in [0, 0.05) is 24.5 Å². The van der Waals surface area contributed by atoms with E-state index in [0.29, 0.717) is 18.4 Å². The number of carbonyl (C=O) groups excluding carboxylic acids is 1. The number of nitriles is 1. The molecule has 0 fully saturated rings. The van der Waals surface area contributed by atoms with Gasteiger partial charge in [0.05, 0.1) is 11.6 Å². The van der Waals surface area contributed by atoms with Crippen LogP contribution in [0.15, 0.2) is 48.8 Å². The lowest BCUT2D eigenvalue weighted by molar-refractivity contribution is -0.116. The number of hydrogen-bond donors (Lipinski definition) is 1. The summed E-state index contributed by atoms with van der Waals surface area (Å²) in [7, 11) is 0. The Kier molecular flexibility index (Phi) is 4.25. The van der Waals surface area contributed by atoms with E-state index in [4.69, 9.17) is 5.26 Å². The Morgan fingerprint density at radius 3 is 2.47 bits per heavy atom. The number of benzene rings is 1. The molecule has 0 unspecified atom stereocenters. The molecule has 0 saturated carbocycles. The standard InChI is InChI=1S/C15H13N3O/c16-11-13-3-1-12(2-4-13)5-6-15(19)18-14-7-9-17-10-8-14/h1-4,7-10H,5-6H2,(H,17,18,19). The van der Waals surface area contributed by atoms with Gasteiger partial charge < -0.3 is 5.32 Å². The van der Waals surface area contributed by atoms with Gasteiger partial charge in [-0.2, -0.15) is 5.26 Å². The maximum atomic E-state index is 11.7. The molecule has 1 N–H and O–H groups in total. The number of carbonyl (C=O) groups is 1. The lowest BCUT2D eigenvalue weighted by atomic mass is 10.1. The zero-order chi connectivity index (χ0) is 13.5. The summed E-state index contributed by atoms with van der Waals surface area (Å²) in [4.78, 5) is 15.6. The van der Waals surface area contributed by atoms with Crippen LogP contribution in [0.3, 0.4) is 0 Å². The van der Waals surface area contributed by atoms with E-state index in [1.165, 1.54) is 0 Å². The van der Waals surface area contributed by atoms with Crippen molar-refractivity contribution >= 4 is 11.6 Å². The smallest absolute Gasteiger partial charge is 0.224 e. The van der Waals surface area contributed by atoms with Gasteiger partial charge >= 0.3 is 0 Å². The van der Waals surface area contributed by atoms with Crippen molar-refractivity contribution < 1.29 is 4.79 Å². The molecule has 0 aliphatic heterocycles. The predicted octanol–water partition coefficient (Wildman–Crippen LogP) is 2.52. The predicted molar refractivity (Wildman–Crippen MR) is 72.3 cm³/mol. The highest BCUT2D eigenvalue weighted by molar-refractivity contribution is 5.90. The lowest BCUT2D eigenvalue weighted by Gasteiger charge is -2.04. The maximum Gasteiger partial charge on any atom is 0.224 e. The molecule has 2 aromatic rings. The van der Waals surface area contributed by atoms with E-state index in [1.54, 1.807) is 36.7 Å². The second-order valence-corrected chi connectivity index (χ2v) is 4.09. The summed E-state index contributed by atoms with van der Waals surface area (Å²) in [5, 5.41) is 11.5. The fourth-order valence-corrected chi connectivity index (χ4v) is 1.66. The Hall–Kier alpha value is -2.67. The minimum absolute atomic E-state index is 0.0319. The Balaban J connectivity index is 1.85. The summed E-state index contributed by atoms with van der Waals surface area (Å²) in [5.41, 5.74) is 2.42. The van der Waals surface area contributed by atoms with Crippen molar-refractivity contribution in [2.45, 2.75) is 12.8 Å². The third-order valence-electron chi connectivity index (χ3n) is 2.69. The highest BCUT2D eigenvalue weighted by Gasteiger charge is 2.03. The van der Waals surface area contributed by atoms with Crippen LogP contribution in [-0.4, -0.2) is 10.9 Å². The van der Waals surface area contributed by atoms with E-state index in [1.807, 2.05) is 12.1 Å². The van der Waals surface area contributed by atoms with Crippen molar-refractivity contribution in [1.29, 1.82) is 5.26 Å². The van der Waals surface area contributed by atoms with Crippen molar-refractivity contribution in [3.8, 4) is 6.07 Å². The third-order valence-corrected chi connectivity index (χ3v) is 2.69. The molecule has 94 valence electrons. The average Bonchev–Trinajstić information content (AvgIpc) is 2.47. The van der Waals surface area contributed by atoms with E-state index < -0.39 is 0 Å². The summed E-state index contributed by atoms with van der Waals surface area (Å²) < 4.78 is 0. The summed E-state index contributed by atoms with van der Waals surface area (Å²) in [5.74, 6) is -0.0319. The number of aromatic nitrogens is 1. The van der Waals surface area contributed by atoms with Crippen molar-refractivity contribution in [3.05, 3.63) is 59.9 Å². The molecule has 1 aromatic carbocycles. The molecule has 4 heteroatoms. The second kappa shape index (κ2) is 6.31. The van der Waals surface area contributed by atoms with Gasteiger partial charge in [-0.15, -0.1) is 0 Å². The Morgan fingerprint density at radius 1 is 1.16 bits per heavy atom. The quantitative estimate of drug-likeness (QED) is 0.908. The number of aryl methyl sites for hydroxylation is 1. The zero-order valence-electron chi connectivity index (χ0n) is 10.3. The van der Waals surface area contributed by atoms with Crippen LogP contribution in [0.2, 0.25) is 0 Å². The summed E-state index contributed by atoms with van der Waals surface area (Å²) in [6.07, 6.45) is 4.34. The van der Waals surface area contributed by atoms with Gasteiger partial charge in [-0.1, -0.05) is 12.1 Å². The fourth-order valence-electron chi connectivity index (χ4n) is 1.66. The van der Waals surface area contributed by atoms with Crippen LogP contribution in [0.25, 0.3) is 0 Å². The van der Waals surface area contributed by atoms with Gasteiger partial charge in [-0.25, -0.2) is 0 Å². The molecule has 0 atom stereocenters. The highest BCUT2D eigenvalue weighted by atomic mass is 16.1. The second-order valence-electron chi connectivity index (χ2n) is 4.09. The molecule has 2 rings (SSSR count). The van der Waals surface area contributed by atoms with Crippen molar-refractivity contribution in [2.24, 2.45) is 0 Å². The summed E-state index contributed by atoms with van der Waals surface area (Å²) in [6, 6.07) is 12.8. The van der Waals surface area contributed by atoms with E-state index in [9.17, 15) is 4.79 Å². The maximum absolute atomic E-state index is 11.7. The molecule has 0 radical (unpaired) electrons. The fraction of sp³-hybridized carbons (Fsp3) is 0.133. The molecular formula is C15H13N3O. The van der Waals surface area contributed by atoms with Crippen molar-refractivity contribution in [1.82, 2.24) is 4.98 Å². The molecule has 0 bridgehead atoms. The molecular weight excluding hydrogens is 238 g/mol. The van der Waals surface area contributed by atoms with Crippen LogP contribution in [-0.2, 0) is 11.2 Å². The Labute approximate surface area is 111 Å². The largest absolute Gasteiger partial charge is 0.326 e. The Morgan fingerprint density at radius 2 is 1.84 bits per heavy atom. The zero-order valence-corrected chi connectivity index (χ0v) is 10.3. The lowest BCUT2D eigenvalue weighted by Crippen LogP contribution is -2.12. The highest BCUT2D eigenvalue weighted by Crippen LogP contribution is 2.08. The van der Waals surface area contributed by atoms with Crippen LogP contribution in [0.4, 0.5) is 5.69 Å². The molecule has 1 heterocycles. The van der Waals surface area contributed by atoms with Crippen molar-refractivity contribution in [2.75, 3.05) is 5.32 Å². The molecule has 0 aliphatic carbocycles. The molecule has 19 heavy (non-hydrogen) atoms. The van der Waals surface area contributed by atoms with E-state index in [0.717, 1.165) is 11.3 Å². The number of amides is 1. The molecule has 0 saturated heterocycles. The third kappa shape index (κ3) is 3.93. The number of nitrogens with one attached hydrogen (secondary N) is 1. The van der Waals surface area contributed by atoms with Gasteiger partial charge in [0.25, 0.3) is 0 Å². The normalized spacial score (nSPS) is 9.63.